The van der Waals surface area contributed by atoms with E-state index in [2.05, 4.69) is 16.9 Å². The Morgan fingerprint density at radius 2 is 2.17 bits per heavy atom. The molecule has 0 radical (unpaired) electrons. The van der Waals surface area contributed by atoms with E-state index in [-0.39, 0.29) is 11.3 Å². The van der Waals surface area contributed by atoms with Crippen LogP contribution in [-0.4, -0.2) is 29.3 Å². The molecule has 100 valence electrons. The second-order valence-electron chi connectivity index (χ2n) is 5.46. The maximum atomic E-state index is 7.52. The SMILES string of the molecule is CN(CCCC(C)(C)C(=N)N)Cc1ccccn1. The molecule has 4 nitrogen and oxygen atoms in total. The number of rotatable bonds is 7. The lowest BCUT2D eigenvalue weighted by Crippen LogP contribution is -2.31. The first-order valence-corrected chi connectivity index (χ1v) is 6.35. The Hall–Kier alpha value is -1.42. The summed E-state index contributed by atoms with van der Waals surface area (Å²) in [6.45, 7) is 5.90. The molecule has 18 heavy (non-hydrogen) atoms. The summed E-state index contributed by atoms with van der Waals surface area (Å²) in [6, 6.07) is 5.98. The van der Waals surface area contributed by atoms with Crippen LogP contribution in [0.4, 0.5) is 0 Å². The molecular weight excluding hydrogens is 224 g/mol. The topological polar surface area (TPSA) is 66.0 Å². The van der Waals surface area contributed by atoms with Gasteiger partial charge in [-0.05, 0) is 38.6 Å². The first-order valence-electron chi connectivity index (χ1n) is 6.35. The van der Waals surface area contributed by atoms with Gasteiger partial charge >= 0.3 is 0 Å². The smallest absolute Gasteiger partial charge is 0.0963 e. The average Bonchev–Trinajstić information content (AvgIpc) is 2.29. The van der Waals surface area contributed by atoms with E-state index in [1.807, 2.05) is 38.2 Å². The van der Waals surface area contributed by atoms with E-state index in [4.69, 9.17) is 11.1 Å². The van der Waals surface area contributed by atoms with Gasteiger partial charge in [0.15, 0.2) is 0 Å². The highest BCUT2D eigenvalue weighted by atomic mass is 15.1. The molecular formula is C14H24N4. The molecule has 1 heterocycles. The van der Waals surface area contributed by atoms with Crippen molar-refractivity contribution in [1.29, 1.82) is 5.41 Å². The van der Waals surface area contributed by atoms with Gasteiger partial charge in [0.2, 0.25) is 0 Å². The predicted octanol–water partition coefficient (Wildman–Crippen LogP) is 2.26. The lowest BCUT2D eigenvalue weighted by atomic mass is 9.86. The van der Waals surface area contributed by atoms with Gasteiger partial charge in [-0.1, -0.05) is 19.9 Å². The minimum atomic E-state index is -0.189. The Morgan fingerprint density at radius 3 is 2.72 bits per heavy atom. The lowest BCUT2D eigenvalue weighted by molar-refractivity contribution is 0.297. The number of aromatic nitrogens is 1. The zero-order valence-corrected chi connectivity index (χ0v) is 11.6. The number of amidine groups is 1. The molecule has 1 aromatic rings. The molecule has 0 spiro atoms. The van der Waals surface area contributed by atoms with Crippen LogP contribution in [-0.2, 0) is 6.54 Å². The first-order chi connectivity index (χ1) is 8.42. The Kier molecular flexibility index (Phi) is 5.28. The third-order valence-corrected chi connectivity index (χ3v) is 3.23. The standard InChI is InChI=1S/C14H24N4/c1-14(2,13(15)16)8-6-10-18(3)11-12-7-4-5-9-17-12/h4-5,7,9H,6,8,10-11H2,1-3H3,(H3,15,16). The van der Waals surface area contributed by atoms with Crippen LogP contribution in [0.15, 0.2) is 24.4 Å². The molecule has 0 atom stereocenters. The van der Waals surface area contributed by atoms with Gasteiger partial charge in [0.05, 0.1) is 11.5 Å². The van der Waals surface area contributed by atoms with Gasteiger partial charge < -0.3 is 10.6 Å². The van der Waals surface area contributed by atoms with Gasteiger partial charge in [0, 0.05) is 18.2 Å². The fourth-order valence-electron chi connectivity index (χ4n) is 1.77. The molecule has 0 aromatic carbocycles. The molecule has 4 heteroatoms. The third kappa shape index (κ3) is 4.84. The molecule has 0 saturated heterocycles. The summed E-state index contributed by atoms with van der Waals surface area (Å²) in [4.78, 5) is 6.56. The zero-order valence-electron chi connectivity index (χ0n) is 11.6. The fourth-order valence-corrected chi connectivity index (χ4v) is 1.77. The molecule has 1 aromatic heterocycles. The molecule has 0 bridgehead atoms. The van der Waals surface area contributed by atoms with Crippen molar-refractivity contribution in [3.05, 3.63) is 30.1 Å². The van der Waals surface area contributed by atoms with Crippen LogP contribution in [0, 0.1) is 10.8 Å². The van der Waals surface area contributed by atoms with Gasteiger partial charge in [0.25, 0.3) is 0 Å². The van der Waals surface area contributed by atoms with Crippen molar-refractivity contribution >= 4 is 5.84 Å². The van der Waals surface area contributed by atoms with Crippen molar-refractivity contribution in [2.24, 2.45) is 11.1 Å². The Morgan fingerprint density at radius 1 is 1.44 bits per heavy atom. The van der Waals surface area contributed by atoms with Crippen molar-refractivity contribution in [2.75, 3.05) is 13.6 Å². The van der Waals surface area contributed by atoms with Crippen LogP contribution in [0.5, 0.6) is 0 Å². The number of hydrogen-bond donors (Lipinski definition) is 2. The number of nitrogens with two attached hydrogens (primary N) is 1. The van der Waals surface area contributed by atoms with E-state index in [1.54, 1.807) is 0 Å². The summed E-state index contributed by atoms with van der Waals surface area (Å²) in [5.74, 6) is 0.273. The van der Waals surface area contributed by atoms with E-state index in [0.29, 0.717) is 0 Å². The van der Waals surface area contributed by atoms with Gasteiger partial charge in [-0.2, -0.15) is 0 Å². The maximum absolute atomic E-state index is 7.52. The number of hydrogen-bond acceptors (Lipinski definition) is 3. The largest absolute Gasteiger partial charge is 0.387 e. The molecule has 0 aliphatic heterocycles. The summed E-state index contributed by atoms with van der Waals surface area (Å²) in [6.07, 6.45) is 3.80. The third-order valence-electron chi connectivity index (χ3n) is 3.23. The van der Waals surface area contributed by atoms with Crippen molar-refractivity contribution in [2.45, 2.75) is 33.2 Å². The van der Waals surface area contributed by atoms with Crippen LogP contribution in [0.2, 0.25) is 0 Å². The highest BCUT2D eigenvalue weighted by Gasteiger charge is 2.20. The van der Waals surface area contributed by atoms with Crippen molar-refractivity contribution in [3.8, 4) is 0 Å². The molecule has 0 unspecified atom stereocenters. The normalized spacial score (nSPS) is 11.8. The van der Waals surface area contributed by atoms with Gasteiger partial charge in [-0.3, -0.25) is 10.4 Å². The van der Waals surface area contributed by atoms with E-state index in [0.717, 1.165) is 31.6 Å². The lowest BCUT2D eigenvalue weighted by Gasteiger charge is -2.24. The Balaban J connectivity index is 2.30. The molecule has 0 amide bonds. The van der Waals surface area contributed by atoms with Crippen LogP contribution < -0.4 is 5.73 Å². The summed E-state index contributed by atoms with van der Waals surface area (Å²) < 4.78 is 0. The van der Waals surface area contributed by atoms with Crippen molar-refractivity contribution < 1.29 is 0 Å². The van der Waals surface area contributed by atoms with Gasteiger partial charge in [-0.25, -0.2) is 0 Å². The maximum Gasteiger partial charge on any atom is 0.0963 e. The predicted molar refractivity (Wildman–Crippen MR) is 75.5 cm³/mol. The van der Waals surface area contributed by atoms with Crippen molar-refractivity contribution in [1.82, 2.24) is 9.88 Å². The number of pyridine rings is 1. The minimum absolute atomic E-state index is 0.189. The quantitative estimate of drug-likeness (QED) is 0.574. The van der Waals surface area contributed by atoms with Gasteiger partial charge in [-0.15, -0.1) is 0 Å². The van der Waals surface area contributed by atoms with Gasteiger partial charge in [0.1, 0.15) is 0 Å². The zero-order chi connectivity index (χ0) is 13.6. The number of nitrogens with zero attached hydrogens (tertiary/aromatic N) is 2. The van der Waals surface area contributed by atoms with Crippen molar-refractivity contribution in [3.63, 3.8) is 0 Å². The van der Waals surface area contributed by atoms with Crippen LogP contribution >= 0.6 is 0 Å². The second kappa shape index (κ2) is 6.50. The highest BCUT2D eigenvalue weighted by molar-refractivity contribution is 5.82. The van der Waals surface area contributed by atoms with E-state index in [1.165, 1.54) is 0 Å². The molecule has 0 aliphatic carbocycles. The fraction of sp³-hybridized carbons (Fsp3) is 0.571. The first kappa shape index (κ1) is 14.6. The summed E-state index contributed by atoms with van der Waals surface area (Å²) in [5.41, 5.74) is 6.47. The van der Waals surface area contributed by atoms with E-state index >= 15 is 0 Å². The monoisotopic (exact) mass is 248 g/mol. The molecule has 3 N–H and O–H groups in total. The molecule has 0 fully saturated rings. The highest BCUT2D eigenvalue weighted by Crippen LogP contribution is 2.21. The Bertz CT molecular complexity index is 373. The molecule has 0 aliphatic rings. The summed E-state index contributed by atoms with van der Waals surface area (Å²) >= 11 is 0. The average molecular weight is 248 g/mol. The molecule has 1 rings (SSSR count). The summed E-state index contributed by atoms with van der Waals surface area (Å²) in [5, 5.41) is 7.52. The van der Waals surface area contributed by atoms with Crippen LogP contribution in [0.25, 0.3) is 0 Å². The number of nitrogens with one attached hydrogen (secondary N) is 1. The van der Waals surface area contributed by atoms with Crippen LogP contribution in [0.1, 0.15) is 32.4 Å². The molecule has 0 saturated carbocycles. The minimum Gasteiger partial charge on any atom is -0.387 e. The van der Waals surface area contributed by atoms with Crippen LogP contribution in [0.3, 0.4) is 0 Å². The summed E-state index contributed by atoms with van der Waals surface area (Å²) in [7, 11) is 2.09. The van der Waals surface area contributed by atoms with E-state index in [9.17, 15) is 0 Å². The van der Waals surface area contributed by atoms with E-state index < -0.39 is 0 Å². The second-order valence-corrected chi connectivity index (χ2v) is 5.46. The Labute approximate surface area is 110 Å².